The molecule has 152 valence electrons. The lowest BCUT2D eigenvalue weighted by Gasteiger charge is -2.13. The lowest BCUT2D eigenvalue weighted by atomic mass is 9.97. The molecule has 9 heteroatoms. The number of carbonyl (C=O) groups excluding carboxylic acids is 2. The SMILES string of the molecule is CC(NC(=O)c1ccc(Br)s1)C(=O)Nc1ccc(-c2noc(C(C)(C)C)n2)cc1. The van der Waals surface area contributed by atoms with Gasteiger partial charge < -0.3 is 15.2 Å². The van der Waals surface area contributed by atoms with Crippen molar-refractivity contribution in [2.45, 2.75) is 39.2 Å². The van der Waals surface area contributed by atoms with E-state index in [1.165, 1.54) is 11.3 Å². The van der Waals surface area contributed by atoms with E-state index in [1.54, 1.807) is 43.3 Å². The van der Waals surface area contributed by atoms with Crippen LogP contribution < -0.4 is 10.6 Å². The number of nitrogens with one attached hydrogen (secondary N) is 2. The van der Waals surface area contributed by atoms with Gasteiger partial charge in [-0.05, 0) is 59.3 Å². The molecule has 0 saturated heterocycles. The Balaban J connectivity index is 1.61. The topological polar surface area (TPSA) is 97.1 Å². The average Bonchev–Trinajstić information content (AvgIpc) is 3.31. The van der Waals surface area contributed by atoms with Crippen LogP contribution in [0.5, 0.6) is 0 Å². The quantitative estimate of drug-likeness (QED) is 0.559. The number of hydrogen-bond acceptors (Lipinski definition) is 6. The normalized spacial score (nSPS) is 12.4. The number of rotatable bonds is 5. The molecule has 2 amide bonds. The first-order chi connectivity index (χ1) is 13.6. The molecule has 3 rings (SSSR count). The van der Waals surface area contributed by atoms with Gasteiger partial charge in [0.2, 0.25) is 17.6 Å². The fourth-order valence-corrected chi connectivity index (χ4v) is 3.66. The Hall–Kier alpha value is -2.52. The van der Waals surface area contributed by atoms with Gasteiger partial charge in [0, 0.05) is 16.7 Å². The van der Waals surface area contributed by atoms with Crippen LogP contribution in [-0.4, -0.2) is 28.0 Å². The summed E-state index contributed by atoms with van der Waals surface area (Å²) in [6.45, 7) is 7.64. The van der Waals surface area contributed by atoms with Crippen LogP contribution in [0, 0.1) is 0 Å². The number of anilines is 1. The fraction of sp³-hybridized carbons (Fsp3) is 0.300. The van der Waals surface area contributed by atoms with E-state index in [0.29, 0.717) is 22.3 Å². The van der Waals surface area contributed by atoms with Crippen LogP contribution >= 0.6 is 27.3 Å². The monoisotopic (exact) mass is 476 g/mol. The molecule has 0 aliphatic heterocycles. The summed E-state index contributed by atoms with van der Waals surface area (Å²) in [5.41, 5.74) is 1.17. The Labute approximate surface area is 181 Å². The Morgan fingerprint density at radius 1 is 1.14 bits per heavy atom. The molecule has 0 radical (unpaired) electrons. The van der Waals surface area contributed by atoms with Gasteiger partial charge >= 0.3 is 0 Å². The van der Waals surface area contributed by atoms with Crippen LogP contribution in [0.1, 0.15) is 43.3 Å². The first-order valence-electron chi connectivity index (χ1n) is 8.95. The van der Waals surface area contributed by atoms with Gasteiger partial charge in [0.05, 0.1) is 8.66 Å². The van der Waals surface area contributed by atoms with E-state index in [9.17, 15) is 9.59 Å². The predicted molar refractivity (Wildman–Crippen MR) is 116 cm³/mol. The van der Waals surface area contributed by atoms with Crippen molar-refractivity contribution in [3.05, 3.63) is 51.0 Å². The van der Waals surface area contributed by atoms with Crippen LogP contribution in [0.3, 0.4) is 0 Å². The van der Waals surface area contributed by atoms with Gasteiger partial charge in [0.25, 0.3) is 5.91 Å². The third-order valence-electron chi connectivity index (χ3n) is 4.02. The molecule has 7 nitrogen and oxygen atoms in total. The summed E-state index contributed by atoms with van der Waals surface area (Å²) in [6.07, 6.45) is 0. The third kappa shape index (κ3) is 5.30. The summed E-state index contributed by atoms with van der Waals surface area (Å²) >= 11 is 4.63. The van der Waals surface area contributed by atoms with E-state index in [-0.39, 0.29) is 17.2 Å². The van der Waals surface area contributed by atoms with Crippen molar-refractivity contribution in [3.8, 4) is 11.4 Å². The number of amides is 2. The highest BCUT2D eigenvalue weighted by atomic mass is 79.9. The first kappa shape index (κ1) is 21.2. The van der Waals surface area contributed by atoms with E-state index in [2.05, 4.69) is 36.7 Å². The Morgan fingerprint density at radius 3 is 2.38 bits per heavy atom. The maximum Gasteiger partial charge on any atom is 0.262 e. The molecule has 1 aromatic carbocycles. The predicted octanol–water partition coefficient (Wildman–Crippen LogP) is 4.62. The number of nitrogens with zero attached hydrogens (tertiary/aromatic N) is 2. The summed E-state index contributed by atoms with van der Waals surface area (Å²) in [7, 11) is 0. The van der Waals surface area contributed by atoms with Gasteiger partial charge in [-0.2, -0.15) is 4.98 Å². The summed E-state index contributed by atoms with van der Waals surface area (Å²) in [4.78, 5) is 29.5. The van der Waals surface area contributed by atoms with E-state index >= 15 is 0 Å². The van der Waals surface area contributed by atoms with Crippen molar-refractivity contribution in [1.82, 2.24) is 15.5 Å². The molecule has 0 saturated carbocycles. The van der Waals surface area contributed by atoms with Gasteiger partial charge in [-0.25, -0.2) is 0 Å². The average molecular weight is 477 g/mol. The smallest absolute Gasteiger partial charge is 0.262 e. The van der Waals surface area contributed by atoms with Crippen LogP contribution in [-0.2, 0) is 10.2 Å². The second kappa shape index (κ2) is 8.46. The second-order valence-corrected chi connectivity index (χ2v) is 10.0. The minimum Gasteiger partial charge on any atom is -0.340 e. The van der Waals surface area contributed by atoms with Gasteiger partial charge in [-0.15, -0.1) is 11.3 Å². The molecule has 2 N–H and O–H groups in total. The van der Waals surface area contributed by atoms with Gasteiger partial charge in [0.15, 0.2) is 0 Å². The molecule has 0 fully saturated rings. The second-order valence-electron chi connectivity index (χ2n) is 7.54. The molecule has 2 heterocycles. The van der Waals surface area contributed by atoms with Crippen LogP contribution in [0.4, 0.5) is 5.69 Å². The summed E-state index contributed by atoms with van der Waals surface area (Å²) in [5.74, 6) is 0.463. The first-order valence-corrected chi connectivity index (χ1v) is 10.6. The van der Waals surface area contributed by atoms with Crippen molar-refractivity contribution in [2.75, 3.05) is 5.32 Å². The summed E-state index contributed by atoms with van der Waals surface area (Å²) in [6, 6.07) is 9.93. The van der Waals surface area contributed by atoms with Gasteiger partial charge in [-0.3, -0.25) is 9.59 Å². The number of benzene rings is 1. The number of halogens is 1. The molecule has 2 aromatic heterocycles. The lowest BCUT2D eigenvalue weighted by Crippen LogP contribution is -2.41. The highest BCUT2D eigenvalue weighted by molar-refractivity contribution is 9.11. The van der Waals surface area contributed by atoms with Crippen molar-refractivity contribution in [1.29, 1.82) is 0 Å². The fourth-order valence-electron chi connectivity index (χ4n) is 2.37. The molecule has 29 heavy (non-hydrogen) atoms. The van der Waals surface area contributed by atoms with Crippen LogP contribution in [0.15, 0.2) is 44.7 Å². The zero-order valence-corrected chi connectivity index (χ0v) is 18.8. The molecule has 1 atom stereocenters. The van der Waals surface area contributed by atoms with Crippen molar-refractivity contribution in [3.63, 3.8) is 0 Å². The molecular formula is C20H21BrN4O3S. The van der Waals surface area contributed by atoms with Crippen molar-refractivity contribution < 1.29 is 14.1 Å². The maximum atomic E-state index is 12.4. The van der Waals surface area contributed by atoms with Crippen molar-refractivity contribution in [2.24, 2.45) is 0 Å². The van der Waals surface area contributed by atoms with Gasteiger partial charge in [0.1, 0.15) is 6.04 Å². The molecule has 0 aliphatic rings. The summed E-state index contributed by atoms with van der Waals surface area (Å²) < 4.78 is 6.17. The van der Waals surface area contributed by atoms with E-state index in [0.717, 1.165) is 9.35 Å². The maximum absolute atomic E-state index is 12.4. The highest BCUT2D eigenvalue weighted by Gasteiger charge is 2.22. The van der Waals surface area contributed by atoms with Gasteiger partial charge in [-0.1, -0.05) is 25.9 Å². The number of hydrogen-bond donors (Lipinski definition) is 2. The Bertz CT molecular complexity index is 1020. The third-order valence-corrected chi connectivity index (χ3v) is 5.64. The van der Waals surface area contributed by atoms with E-state index in [1.807, 2.05) is 20.8 Å². The molecular weight excluding hydrogens is 456 g/mol. The Morgan fingerprint density at radius 2 is 1.83 bits per heavy atom. The highest BCUT2D eigenvalue weighted by Crippen LogP contribution is 2.25. The van der Waals surface area contributed by atoms with Crippen LogP contribution in [0.2, 0.25) is 0 Å². The number of carbonyl (C=O) groups is 2. The van der Waals surface area contributed by atoms with Crippen molar-refractivity contribution >= 4 is 44.8 Å². The summed E-state index contributed by atoms with van der Waals surface area (Å²) in [5, 5.41) is 9.49. The molecule has 1 unspecified atom stereocenters. The minimum atomic E-state index is -0.686. The zero-order chi connectivity index (χ0) is 21.2. The van der Waals surface area contributed by atoms with Crippen LogP contribution in [0.25, 0.3) is 11.4 Å². The molecule has 0 bridgehead atoms. The largest absolute Gasteiger partial charge is 0.340 e. The zero-order valence-electron chi connectivity index (χ0n) is 16.4. The lowest BCUT2D eigenvalue weighted by molar-refractivity contribution is -0.117. The minimum absolute atomic E-state index is 0.223. The van der Waals surface area contributed by atoms with E-state index < -0.39 is 6.04 Å². The molecule has 0 aliphatic carbocycles. The number of thiophene rings is 1. The van der Waals surface area contributed by atoms with E-state index in [4.69, 9.17) is 4.52 Å². The number of aromatic nitrogens is 2. The standard InChI is InChI=1S/C20H21BrN4O3S/c1-11(22-18(27)14-9-10-15(21)29-14)17(26)23-13-7-5-12(6-8-13)16-24-19(28-25-16)20(2,3)4/h5-11H,1-4H3,(H,22,27)(H,23,26). The Kier molecular flexibility index (Phi) is 6.18. The molecule has 0 spiro atoms. The molecule has 3 aromatic rings.